The molecule has 0 aromatic heterocycles. The Hall–Kier alpha value is -1.02. The van der Waals surface area contributed by atoms with Crippen LogP contribution in [-0.2, 0) is 10.2 Å². The lowest BCUT2D eigenvalue weighted by Crippen LogP contribution is -2.23. The first-order chi connectivity index (χ1) is 8.20. The first kappa shape index (κ1) is 15.0. The highest BCUT2D eigenvalue weighted by Gasteiger charge is 2.18. The second kappa shape index (κ2) is 5.75. The van der Waals surface area contributed by atoms with Crippen LogP contribution in [-0.4, -0.2) is 18.8 Å². The quantitative estimate of drug-likeness (QED) is 0.746. The Morgan fingerprint density at radius 2 is 1.50 bits per heavy atom. The third-order valence-corrected chi connectivity index (χ3v) is 2.57. The van der Waals surface area contributed by atoms with Crippen molar-refractivity contribution in [3.05, 3.63) is 29.8 Å². The predicted octanol–water partition coefficient (Wildman–Crippen LogP) is 4.18. The number of benzene rings is 1. The van der Waals surface area contributed by atoms with Gasteiger partial charge in [-0.2, -0.15) is 0 Å². The molecule has 102 valence electrons. The highest BCUT2D eigenvalue weighted by Crippen LogP contribution is 2.30. The van der Waals surface area contributed by atoms with Crippen molar-refractivity contribution in [2.75, 3.05) is 13.2 Å². The average molecular weight is 250 g/mol. The van der Waals surface area contributed by atoms with Crippen molar-refractivity contribution in [1.29, 1.82) is 0 Å². The molecular weight excluding hydrogens is 224 g/mol. The van der Waals surface area contributed by atoms with Crippen LogP contribution in [0.4, 0.5) is 0 Å². The Morgan fingerprint density at radius 3 is 2.06 bits per heavy atom. The summed E-state index contributed by atoms with van der Waals surface area (Å²) in [6, 6.07) is 8.21. The van der Waals surface area contributed by atoms with Gasteiger partial charge in [-0.3, -0.25) is 0 Å². The Balaban J connectivity index is 2.58. The molecule has 0 spiro atoms. The van der Waals surface area contributed by atoms with E-state index in [1.54, 1.807) is 0 Å². The van der Waals surface area contributed by atoms with Gasteiger partial charge in [0.15, 0.2) is 0 Å². The summed E-state index contributed by atoms with van der Waals surface area (Å²) >= 11 is 0. The van der Waals surface area contributed by atoms with E-state index in [9.17, 15) is 0 Å². The fourth-order valence-corrected chi connectivity index (χ4v) is 1.71. The number of hydrogen-bond donors (Lipinski definition) is 0. The van der Waals surface area contributed by atoms with E-state index >= 15 is 0 Å². The summed E-state index contributed by atoms with van der Waals surface area (Å²) in [6.45, 7) is 13.9. The Labute approximate surface area is 111 Å². The number of rotatable bonds is 4. The largest absolute Gasteiger partial charge is 0.491 e. The molecule has 0 bridgehead atoms. The summed E-state index contributed by atoms with van der Waals surface area (Å²) in [6.07, 6.45) is 0. The zero-order valence-electron chi connectivity index (χ0n) is 12.5. The van der Waals surface area contributed by atoms with Gasteiger partial charge in [-0.15, -0.1) is 0 Å². The van der Waals surface area contributed by atoms with Gasteiger partial charge in [-0.25, -0.2) is 0 Å². The summed E-state index contributed by atoms with van der Waals surface area (Å²) in [5, 5.41) is 0. The molecule has 1 aromatic rings. The molecule has 1 rings (SSSR count). The summed E-state index contributed by atoms with van der Waals surface area (Å²) in [5.74, 6) is 0.961. The molecule has 0 saturated heterocycles. The second-order valence-electron chi connectivity index (χ2n) is 6.56. The topological polar surface area (TPSA) is 18.5 Å². The van der Waals surface area contributed by atoms with Crippen molar-refractivity contribution in [1.82, 2.24) is 0 Å². The highest BCUT2D eigenvalue weighted by atomic mass is 16.5. The molecule has 0 amide bonds. The minimum absolute atomic E-state index is 0.0987. The van der Waals surface area contributed by atoms with Crippen molar-refractivity contribution in [2.45, 2.75) is 52.6 Å². The number of hydrogen-bond acceptors (Lipinski definition) is 2. The van der Waals surface area contributed by atoms with Crippen LogP contribution < -0.4 is 4.74 Å². The van der Waals surface area contributed by atoms with Crippen LogP contribution in [0.25, 0.3) is 0 Å². The van der Waals surface area contributed by atoms with Gasteiger partial charge in [0.1, 0.15) is 12.4 Å². The van der Waals surface area contributed by atoms with E-state index in [4.69, 9.17) is 9.47 Å². The van der Waals surface area contributed by atoms with E-state index < -0.39 is 0 Å². The zero-order valence-corrected chi connectivity index (χ0v) is 12.5. The van der Waals surface area contributed by atoms with Gasteiger partial charge in [-0.1, -0.05) is 39.0 Å². The Morgan fingerprint density at radius 1 is 0.889 bits per heavy atom. The van der Waals surface area contributed by atoms with Gasteiger partial charge in [0.05, 0.1) is 12.2 Å². The maximum atomic E-state index is 5.83. The van der Waals surface area contributed by atoms with Crippen LogP contribution >= 0.6 is 0 Å². The van der Waals surface area contributed by atoms with Gasteiger partial charge in [0.25, 0.3) is 0 Å². The maximum Gasteiger partial charge on any atom is 0.123 e. The molecule has 18 heavy (non-hydrogen) atoms. The van der Waals surface area contributed by atoms with E-state index in [2.05, 4.69) is 53.7 Å². The van der Waals surface area contributed by atoms with E-state index in [0.29, 0.717) is 13.2 Å². The van der Waals surface area contributed by atoms with Crippen LogP contribution in [0.1, 0.15) is 47.1 Å². The van der Waals surface area contributed by atoms with E-state index in [0.717, 1.165) is 5.75 Å². The van der Waals surface area contributed by atoms with Crippen LogP contribution in [0.3, 0.4) is 0 Å². The predicted molar refractivity (Wildman–Crippen MR) is 76.3 cm³/mol. The second-order valence-corrected chi connectivity index (χ2v) is 6.56. The monoisotopic (exact) mass is 250 g/mol. The summed E-state index contributed by atoms with van der Waals surface area (Å²) in [7, 11) is 0. The molecule has 0 aliphatic carbocycles. The van der Waals surface area contributed by atoms with E-state index in [-0.39, 0.29) is 11.0 Å². The van der Waals surface area contributed by atoms with Crippen LogP contribution in [0.2, 0.25) is 0 Å². The first-order valence-electron chi connectivity index (χ1n) is 6.56. The fraction of sp³-hybridized carbons (Fsp3) is 0.625. The van der Waals surface area contributed by atoms with Crippen molar-refractivity contribution < 1.29 is 9.47 Å². The lowest BCUT2D eigenvalue weighted by Gasteiger charge is -2.23. The molecule has 0 fully saturated rings. The third-order valence-electron chi connectivity index (χ3n) is 2.57. The summed E-state index contributed by atoms with van der Waals surface area (Å²) in [5.41, 5.74) is 1.23. The SMILES string of the molecule is CC(C)(C)OCCOc1ccccc1C(C)(C)C. The minimum atomic E-state index is -0.104. The smallest absolute Gasteiger partial charge is 0.123 e. The average Bonchev–Trinajstić information content (AvgIpc) is 2.22. The van der Waals surface area contributed by atoms with Crippen molar-refractivity contribution in [3.8, 4) is 5.75 Å². The fourth-order valence-electron chi connectivity index (χ4n) is 1.71. The molecule has 2 nitrogen and oxygen atoms in total. The molecule has 0 heterocycles. The molecule has 0 unspecified atom stereocenters. The van der Waals surface area contributed by atoms with Gasteiger partial charge < -0.3 is 9.47 Å². The number of para-hydroxylation sites is 1. The highest BCUT2D eigenvalue weighted by molar-refractivity contribution is 5.38. The van der Waals surface area contributed by atoms with Crippen molar-refractivity contribution >= 4 is 0 Å². The molecule has 2 heteroatoms. The zero-order chi connectivity index (χ0) is 13.8. The van der Waals surface area contributed by atoms with Gasteiger partial charge >= 0.3 is 0 Å². The third kappa shape index (κ3) is 5.09. The molecular formula is C16H26O2. The number of ether oxygens (including phenoxy) is 2. The molecule has 1 aromatic carbocycles. The van der Waals surface area contributed by atoms with Crippen LogP contribution in [0.15, 0.2) is 24.3 Å². The first-order valence-corrected chi connectivity index (χ1v) is 6.56. The van der Waals surface area contributed by atoms with Gasteiger partial charge in [0, 0.05) is 0 Å². The molecule has 0 atom stereocenters. The van der Waals surface area contributed by atoms with Gasteiger partial charge in [0.2, 0.25) is 0 Å². The molecule has 0 aliphatic rings. The normalized spacial score (nSPS) is 12.6. The van der Waals surface area contributed by atoms with Crippen molar-refractivity contribution in [2.24, 2.45) is 0 Å². The maximum absolute atomic E-state index is 5.83. The van der Waals surface area contributed by atoms with Crippen molar-refractivity contribution in [3.63, 3.8) is 0 Å². The van der Waals surface area contributed by atoms with E-state index in [1.165, 1.54) is 5.56 Å². The standard InChI is InChI=1S/C16H26O2/c1-15(2,3)13-9-7-8-10-14(13)17-11-12-18-16(4,5)6/h7-10H,11-12H2,1-6H3. The van der Waals surface area contributed by atoms with Crippen LogP contribution in [0, 0.1) is 0 Å². The molecule has 0 saturated carbocycles. The Kier molecular flexibility index (Phi) is 4.80. The van der Waals surface area contributed by atoms with E-state index in [1.807, 2.05) is 12.1 Å². The minimum Gasteiger partial charge on any atom is -0.491 e. The lowest BCUT2D eigenvalue weighted by molar-refractivity contribution is -0.0164. The summed E-state index contributed by atoms with van der Waals surface area (Å²) < 4.78 is 11.5. The molecule has 0 aliphatic heterocycles. The van der Waals surface area contributed by atoms with Crippen LogP contribution in [0.5, 0.6) is 5.75 Å². The molecule has 0 radical (unpaired) electrons. The Bertz CT molecular complexity index is 369. The molecule has 0 N–H and O–H groups in total. The van der Waals surface area contributed by atoms with Gasteiger partial charge in [-0.05, 0) is 37.8 Å². The lowest BCUT2D eigenvalue weighted by atomic mass is 9.86. The summed E-state index contributed by atoms with van der Waals surface area (Å²) in [4.78, 5) is 0.